The highest BCUT2D eigenvalue weighted by Gasteiger charge is 2.42. The van der Waals surface area contributed by atoms with Gasteiger partial charge in [-0.3, -0.25) is 9.69 Å². The van der Waals surface area contributed by atoms with Crippen molar-refractivity contribution in [3.63, 3.8) is 0 Å². The van der Waals surface area contributed by atoms with Gasteiger partial charge in [0.2, 0.25) is 0 Å². The third kappa shape index (κ3) is 4.15. The summed E-state index contributed by atoms with van der Waals surface area (Å²) >= 11 is 0. The first-order valence-electron chi connectivity index (χ1n) is 4.64. The van der Waals surface area contributed by atoms with Crippen molar-refractivity contribution in [2.24, 2.45) is 0 Å². The molecule has 0 aromatic rings. The molecule has 0 bridgehead atoms. The van der Waals surface area contributed by atoms with Gasteiger partial charge in [-0.2, -0.15) is 13.2 Å². The van der Waals surface area contributed by atoms with Crippen molar-refractivity contribution in [3.8, 4) is 0 Å². The third-order valence-electron chi connectivity index (χ3n) is 2.00. The smallest absolute Gasteiger partial charge is 0.385 e. The van der Waals surface area contributed by atoms with Crippen LogP contribution in [-0.2, 0) is 14.3 Å². The second-order valence-corrected chi connectivity index (χ2v) is 3.29. The Hall–Kier alpha value is -1.15. The fraction of sp³-hybridized carbons (Fsp3) is 0.750. The zero-order valence-corrected chi connectivity index (χ0v) is 8.34. The largest absolute Gasteiger partial charge is 0.491 e. The molecule has 0 aliphatic carbocycles. The van der Waals surface area contributed by atoms with Gasteiger partial charge in [-0.05, 0) is 0 Å². The van der Waals surface area contributed by atoms with Crippen LogP contribution in [0.4, 0.5) is 13.2 Å². The molecular weight excluding hydrogens is 229 g/mol. The molecule has 0 saturated carbocycles. The van der Waals surface area contributed by atoms with Gasteiger partial charge in [0.15, 0.2) is 0 Å². The van der Waals surface area contributed by atoms with Crippen LogP contribution in [-0.4, -0.2) is 55.7 Å². The SMILES string of the molecule is O=C(CN1CCNCC1)OC(=O)C(F)(F)F. The molecule has 1 aliphatic heterocycles. The first-order valence-corrected chi connectivity index (χ1v) is 4.64. The summed E-state index contributed by atoms with van der Waals surface area (Å²) in [5, 5.41) is 3.01. The molecule has 16 heavy (non-hydrogen) atoms. The number of halogens is 3. The van der Waals surface area contributed by atoms with Gasteiger partial charge in [-0.25, -0.2) is 4.79 Å². The molecule has 0 amide bonds. The Balaban J connectivity index is 2.32. The lowest BCUT2D eigenvalue weighted by Gasteiger charge is -2.25. The second kappa shape index (κ2) is 5.26. The summed E-state index contributed by atoms with van der Waals surface area (Å²) in [7, 11) is 0. The van der Waals surface area contributed by atoms with Crippen LogP contribution in [0.2, 0.25) is 0 Å². The fourth-order valence-electron chi connectivity index (χ4n) is 1.25. The Morgan fingerprint density at radius 2 is 1.81 bits per heavy atom. The summed E-state index contributed by atoms with van der Waals surface area (Å²) in [4.78, 5) is 22.9. The van der Waals surface area contributed by atoms with E-state index >= 15 is 0 Å². The van der Waals surface area contributed by atoms with Crippen LogP contribution in [0.25, 0.3) is 0 Å². The minimum atomic E-state index is -5.13. The molecule has 0 atom stereocenters. The van der Waals surface area contributed by atoms with Crippen LogP contribution in [0, 0.1) is 0 Å². The van der Waals surface area contributed by atoms with Crippen molar-refractivity contribution in [3.05, 3.63) is 0 Å². The Bertz CT molecular complexity index is 274. The lowest BCUT2D eigenvalue weighted by Crippen LogP contribution is -2.46. The summed E-state index contributed by atoms with van der Waals surface area (Å²) in [6.07, 6.45) is -5.13. The van der Waals surface area contributed by atoms with Crippen molar-refractivity contribution >= 4 is 11.9 Å². The molecule has 1 fully saturated rings. The number of hydrogen-bond acceptors (Lipinski definition) is 5. The molecule has 1 saturated heterocycles. The number of rotatable bonds is 2. The van der Waals surface area contributed by atoms with Gasteiger partial charge in [0.1, 0.15) is 0 Å². The third-order valence-corrected chi connectivity index (χ3v) is 2.00. The van der Waals surface area contributed by atoms with E-state index in [4.69, 9.17) is 0 Å². The molecule has 8 heteroatoms. The predicted molar refractivity (Wildman–Crippen MR) is 46.5 cm³/mol. The highest BCUT2D eigenvalue weighted by Crippen LogP contribution is 2.16. The average molecular weight is 240 g/mol. The molecule has 1 N–H and O–H groups in total. The lowest BCUT2D eigenvalue weighted by molar-refractivity contribution is -0.202. The summed E-state index contributed by atoms with van der Waals surface area (Å²) in [5.74, 6) is -3.64. The van der Waals surface area contributed by atoms with Gasteiger partial charge >= 0.3 is 18.1 Å². The van der Waals surface area contributed by atoms with E-state index < -0.39 is 18.1 Å². The van der Waals surface area contributed by atoms with E-state index in [1.165, 1.54) is 0 Å². The monoisotopic (exact) mass is 240 g/mol. The molecule has 5 nitrogen and oxygen atoms in total. The Morgan fingerprint density at radius 3 is 2.31 bits per heavy atom. The maximum atomic E-state index is 11.7. The number of alkyl halides is 3. The summed E-state index contributed by atoms with van der Waals surface area (Å²) in [5.41, 5.74) is 0. The molecule has 1 rings (SSSR count). The molecule has 1 heterocycles. The Kier molecular flexibility index (Phi) is 4.25. The first-order chi connectivity index (χ1) is 7.39. The maximum absolute atomic E-state index is 11.7. The summed E-state index contributed by atoms with van der Waals surface area (Å²) < 4.78 is 38.9. The molecule has 1 aliphatic rings. The first kappa shape index (κ1) is 12.9. The van der Waals surface area contributed by atoms with Crippen molar-refractivity contribution in [1.29, 1.82) is 0 Å². The molecule has 0 radical (unpaired) electrons. The topological polar surface area (TPSA) is 58.6 Å². The standard InChI is InChI=1S/C8H11F3N2O3/c9-8(10,11)7(15)16-6(14)5-13-3-1-12-2-4-13/h12H,1-5H2. The van der Waals surface area contributed by atoms with E-state index in [9.17, 15) is 22.8 Å². The fourth-order valence-corrected chi connectivity index (χ4v) is 1.25. The van der Waals surface area contributed by atoms with Gasteiger partial charge in [0, 0.05) is 26.2 Å². The van der Waals surface area contributed by atoms with Crippen LogP contribution in [0.1, 0.15) is 0 Å². The number of esters is 2. The number of ether oxygens (including phenoxy) is 1. The van der Waals surface area contributed by atoms with Gasteiger partial charge in [-0.1, -0.05) is 0 Å². The molecule has 0 spiro atoms. The van der Waals surface area contributed by atoms with E-state index in [1.807, 2.05) is 0 Å². The van der Waals surface area contributed by atoms with Gasteiger partial charge in [-0.15, -0.1) is 0 Å². The normalized spacial score (nSPS) is 18.2. The predicted octanol–water partition coefficient (Wildman–Crippen LogP) is -0.476. The van der Waals surface area contributed by atoms with Crippen LogP contribution in [0.3, 0.4) is 0 Å². The van der Waals surface area contributed by atoms with Gasteiger partial charge in [0.05, 0.1) is 6.54 Å². The van der Waals surface area contributed by atoms with Crippen LogP contribution in [0.5, 0.6) is 0 Å². The number of carbonyl (C=O) groups is 2. The van der Waals surface area contributed by atoms with Crippen molar-refractivity contribution in [2.75, 3.05) is 32.7 Å². The minimum Gasteiger partial charge on any atom is -0.385 e. The Morgan fingerprint density at radius 1 is 1.25 bits per heavy atom. The highest BCUT2D eigenvalue weighted by atomic mass is 19.4. The maximum Gasteiger partial charge on any atom is 0.491 e. The molecule has 0 aromatic carbocycles. The zero-order valence-electron chi connectivity index (χ0n) is 8.34. The van der Waals surface area contributed by atoms with Gasteiger partial charge < -0.3 is 10.1 Å². The van der Waals surface area contributed by atoms with E-state index in [0.717, 1.165) is 0 Å². The zero-order chi connectivity index (χ0) is 12.2. The van der Waals surface area contributed by atoms with Crippen LogP contribution < -0.4 is 5.32 Å². The van der Waals surface area contributed by atoms with E-state index in [1.54, 1.807) is 4.90 Å². The van der Waals surface area contributed by atoms with Crippen molar-refractivity contribution in [2.45, 2.75) is 6.18 Å². The van der Waals surface area contributed by atoms with Gasteiger partial charge in [0.25, 0.3) is 0 Å². The highest BCUT2D eigenvalue weighted by molar-refractivity contribution is 5.89. The summed E-state index contributed by atoms with van der Waals surface area (Å²) in [6, 6.07) is 0. The molecular formula is C8H11F3N2O3. The summed E-state index contributed by atoms with van der Waals surface area (Å²) in [6.45, 7) is 2.08. The van der Waals surface area contributed by atoms with Crippen LogP contribution in [0.15, 0.2) is 0 Å². The van der Waals surface area contributed by atoms with Crippen molar-refractivity contribution in [1.82, 2.24) is 10.2 Å². The molecule has 0 aromatic heterocycles. The molecule has 92 valence electrons. The number of nitrogens with one attached hydrogen (secondary N) is 1. The number of hydrogen-bond donors (Lipinski definition) is 1. The second-order valence-electron chi connectivity index (χ2n) is 3.29. The number of nitrogens with zero attached hydrogens (tertiary/aromatic N) is 1. The molecule has 0 unspecified atom stereocenters. The average Bonchev–Trinajstić information content (AvgIpc) is 2.17. The Labute approximate surface area is 89.5 Å². The number of carbonyl (C=O) groups excluding carboxylic acids is 2. The lowest BCUT2D eigenvalue weighted by atomic mass is 10.3. The number of piperazine rings is 1. The quantitative estimate of drug-likeness (QED) is 0.522. The van der Waals surface area contributed by atoms with E-state index in [-0.39, 0.29) is 6.54 Å². The van der Waals surface area contributed by atoms with Crippen LogP contribution >= 0.6 is 0 Å². The minimum absolute atomic E-state index is 0.302. The van der Waals surface area contributed by atoms with E-state index in [0.29, 0.717) is 26.2 Å². The van der Waals surface area contributed by atoms with Crippen molar-refractivity contribution < 1.29 is 27.5 Å². The van der Waals surface area contributed by atoms with E-state index in [2.05, 4.69) is 10.1 Å².